The van der Waals surface area contributed by atoms with E-state index in [2.05, 4.69) is 4.72 Å². The third-order valence-corrected chi connectivity index (χ3v) is 5.28. The van der Waals surface area contributed by atoms with Crippen molar-refractivity contribution in [3.05, 3.63) is 29.8 Å². The van der Waals surface area contributed by atoms with E-state index in [0.29, 0.717) is 4.90 Å². The van der Waals surface area contributed by atoms with Crippen LogP contribution in [0.15, 0.2) is 29.2 Å². The van der Waals surface area contributed by atoms with Gasteiger partial charge in [0.1, 0.15) is 0 Å². The number of sulfonamides is 1. The van der Waals surface area contributed by atoms with Crippen LogP contribution in [-0.2, 0) is 10.0 Å². The van der Waals surface area contributed by atoms with E-state index < -0.39 is 10.0 Å². The average Bonchev–Trinajstić information content (AvgIpc) is 2.32. The smallest absolute Gasteiger partial charge is 0.208 e. The summed E-state index contributed by atoms with van der Waals surface area (Å²) in [5, 5.41) is 0.199. The van der Waals surface area contributed by atoms with E-state index in [1.54, 1.807) is 12.1 Å². The van der Waals surface area contributed by atoms with Crippen molar-refractivity contribution in [2.75, 3.05) is 0 Å². The van der Waals surface area contributed by atoms with Crippen LogP contribution in [-0.4, -0.2) is 19.8 Å². The Morgan fingerprint density at radius 1 is 1.11 bits per heavy atom. The zero-order chi connectivity index (χ0) is 13.2. The van der Waals surface area contributed by atoms with Gasteiger partial charge in [-0.1, -0.05) is 17.7 Å². The second kappa shape index (κ2) is 5.59. The van der Waals surface area contributed by atoms with Crippen LogP contribution >= 0.6 is 11.6 Å². The van der Waals surface area contributed by atoms with Gasteiger partial charge in [0.15, 0.2) is 0 Å². The Hall–Kier alpha value is -0.580. The first-order chi connectivity index (χ1) is 8.47. The van der Waals surface area contributed by atoms with Gasteiger partial charge in [0.2, 0.25) is 10.0 Å². The molecule has 1 aliphatic rings. The van der Waals surface area contributed by atoms with Gasteiger partial charge in [-0.25, -0.2) is 13.1 Å². The van der Waals surface area contributed by atoms with E-state index in [9.17, 15) is 8.42 Å². The molecule has 3 nitrogen and oxygen atoms in total. The summed E-state index contributed by atoms with van der Waals surface area (Å²) >= 11 is 6.01. The third kappa shape index (κ3) is 3.46. The topological polar surface area (TPSA) is 46.2 Å². The fourth-order valence-electron chi connectivity index (χ4n) is 2.18. The molecule has 0 spiro atoms. The van der Waals surface area contributed by atoms with Gasteiger partial charge >= 0.3 is 0 Å². The average molecular weight is 288 g/mol. The molecule has 1 fully saturated rings. The van der Waals surface area contributed by atoms with Crippen molar-refractivity contribution in [2.45, 2.75) is 48.9 Å². The van der Waals surface area contributed by atoms with Crippen LogP contribution in [0.1, 0.15) is 31.2 Å². The maximum Gasteiger partial charge on any atom is 0.240 e. The van der Waals surface area contributed by atoms with Crippen LogP contribution in [0.2, 0.25) is 0 Å². The number of benzene rings is 1. The minimum absolute atomic E-state index is 0.0197. The lowest BCUT2D eigenvalue weighted by Crippen LogP contribution is -2.37. The predicted molar refractivity (Wildman–Crippen MR) is 73.4 cm³/mol. The first kappa shape index (κ1) is 13.8. The van der Waals surface area contributed by atoms with Crippen molar-refractivity contribution in [3.8, 4) is 0 Å². The number of nitrogens with one attached hydrogen (secondary N) is 1. The lowest BCUT2D eigenvalue weighted by molar-refractivity contribution is 0.416. The predicted octanol–water partition coefficient (Wildman–Crippen LogP) is 2.82. The summed E-state index contributed by atoms with van der Waals surface area (Å²) < 4.78 is 27.1. The summed E-state index contributed by atoms with van der Waals surface area (Å²) in [7, 11) is -3.39. The van der Waals surface area contributed by atoms with Gasteiger partial charge in [0.05, 0.1) is 4.90 Å². The van der Waals surface area contributed by atoms with Crippen LogP contribution in [0.25, 0.3) is 0 Å². The van der Waals surface area contributed by atoms with E-state index in [0.717, 1.165) is 31.2 Å². The fourth-order valence-corrected chi connectivity index (χ4v) is 3.73. The summed E-state index contributed by atoms with van der Waals surface area (Å²) in [5.74, 6) is 0. The lowest BCUT2D eigenvalue weighted by Gasteiger charge is -2.25. The maximum atomic E-state index is 12.1. The van der Waals surface area contributed by atoms with E-state index in [1.165, 1.54) is 0 Å². The molecule has 0 bridgehead atoms. The summed E-state index contributed by atoms with van der Waals surface area (Å²) in [6.07, 6.45) is 3.39. The van der Waals surface area contributed by atoms with E-state index in [4.69, 9.17) is 11.6 Å². The van der Waals surface area contributed by atoms with Crippen LogP contribution in [0, 0.1) is 6.92 Å². The molecule has 0 radical (unpaired) electrons. The normalized spacial score (nSPS) is 25.0. The minimum Gasteiger partial charge on any atom is -0.208 e. The van der Waals surface area contributed by atoms with Gasteiger partial charge in [-0.2, -0.15) is 0 Å². The zero-order valence-corrected chi connectivity index (χ0v) is 12.0. The van der Waals surface area contributed by atoms with Crippen molar-refractivity contribution >= 4 is 21.6 Å². The summed E-state index contributed by atoms with van der Waals surface area (Å²) in [6.45, 7) is 1.94. The summed E-state index contributed by atoms with van der Waals surface area (Å²) in [5.41, 5.74) is 1.05. The summed E-state index contributed by atoms with van der Waals surface area (Å²) in [6, 6.07) is 6.93. The number of halogens is 1. The second-order valence-electron chi connectivity index (χ2n) is 4.88. The van der Waals surface area contributed by atoms with Gasteiger partial charge in [-0.3, -0.25) is 0 Å². The van der Waals surface area contributed by atoms with Crippen LogP contribution in [0.4, 0.5) is 0 Å². The van der Waals surface area contributed by atoms with Crippen molar-refractivity contribution in [1.29, 1.82) is 0 Å². The molecule has 0 aromatic heterocycles. The summed E-state index contributed by atoms with van der Waals surface area (Å²) in [4.78, 5) is 0.334. The SMILES string of the molecule is Cc1ccc(S(=O)(=O)NC2CCC(Cl)CC2)cc1. The number of aryl methyl sites for hydroxylation is 1. The zero-order valence-electron chi connectivity index (χ0n) is 10.4. The highest BCUT2D eigenvalue weighted by atomic mass is 35.5. The molecular formula is C13H18ClNO2S. The molecule has 0 unspecified atom stereocenters. The molecule has 1 aromatic carbocycles. The highest BCUT2D eigenvalue weighted by Crippen LogP contribution is 2.24. The number of hydrogen-bond donors (Lipinski definition) is 1. The van der Waals surface area contributed by atoms with E-state index in [-0.39, 0.29) is 11.4 Å². The number of rotatable bonds is 3. The molecule has 0 amide bonds. The van der Waals surface area contributed by atoms with Crippen molar-refractivity contribution in [2.24, 2.45) is 0 Å². The number of alkyl halides is 1. The quantitative estimate of drug-likeness (QED) is 0.869. The van der Waals surface area contributed by atoms with Gasteiger partial charge in [0.25, 0.3) is 0 Å². The van der Waals surface area contributed by atoms with Gasteiger partial charge in [-0.05, 0) is 44.7 Å². The molecule has 0 aliphatic heterocycles. The fraction of sp³-hybridized carbons (Fsp3) is 0.538. The maximum absolute atomic E-state index is 12.1. The molecule has 100 valence electrons. The van der Waals surface area contributed by atoms with Crippen molar-refractivity contribution in [1.82, 2.24) is 4.72 Å². The minimum atomic E-state index is -3.39. The highest BCUT2D eigenvalue weighted by molar-refractivity contribution is 7.89. The molecule has 1 saturated carbocycles. The van der Waals surface area contributed by atoms with E-state index in [1.807, 2.05) is 19.1 Å². The Bertz CT molecular complexity index is 490. The molecule has 0 heterocycles. The first-order valence-corrected chi connectivity index (χ1v) is 8.12. The second-order valence-corrected chi connectivity index (χ2v) is 7.21. The lowest BCUT2D eigenvalue weighted by atomic mass is 9.96. The van der Waals surface area contributed by atoms with Gasteiger partial charge in [0, 0.05) is 11.4 Å². The standard InChI is InChI=1S/C13H18ClNO2S/c1-10-2-8-13(9-3-10)18(16,17)15-12-6-4-11(14)5-7-12/h2-3,8-9,11-12,15H,4-7H2,1H3. The molecule has 2 rings (SSSR count). The Kier molecular flexibility index (Phi) is 4.30. The van der Waals surface area contributed by atoms with Crippen molar-refractivity contribution in [3.63, 3.8) is 0 Å². The Labute approximate surface area is 114 Å². The Morgan fingerprint density at radius 2 is 1.67 bits per heavy atom. The molecule has 1 N–H and O–H groups in total. The Morgan fingerprint density at radius 3 is 2.22 bits per heavy atom. The van der Waals surface area contributed by atoms with Gasteiger partial charge in [-0.15, -0.1) is 11.6 Å². The number of hydrogen-bond acceptors (Lipinski definition) is 2. The van der Waals surface area contributed by atoms with Crippen LogP contribution in [0.5, 0.6) is 0 Å². The molecule has 0 saturated heterocycles. The van der Waals surface area contributed by atoms with Gasteiger partial charge < -0.3 is 0 Å². The Balaban J connectivity index is 2.05. The highest BCUT2D eigenvalue weighted by Gasteiger charge is 2.24. The largest absolute Gasteiger partial charge is 0.240 e. The molecule has 1 aliphatic carbocycles. The van der Waals surface area contributed by atoms with Crippen molar-refractivity contribution < 1.29 is 8.42 Å². The molecule has 18 heavy (non-hydrogen) atoms. The first-order valence-electron chi connectivity index (χ1n) is 6.20. The van der Waals surface area contributed by atoms with Crippen LogP contribution < -0.4 is 4.72 Å². The van der Waals surface area contributed by atoms with Crippen LogP contribution in [0.3, 0.4) is 0 Å². The third-order valence-electron chi connectivity index (χ3n) is 3.31. The molecular weight excluding hydrogens is 270 g/mol. The molecule has 5 heteroatoms. The monoisotopic (exact) mass is 287 g/mol. The molecule has 0 atom stereocenters. The molecule has 1 aromatic rings. The van der Waals surface area contributed by atoms with E-state index >= 15 is 0 Å².